The quantitative estimate of drug-likeness (QED) is 0.716. The fourth-order valence-electron chi connectivity index (χ4n) is 2.82. The molecule has 0 amide bonds. The van der Waals surface area contributed by atoms with E-state index in [0.717, 1.165) is 0 Å². The fraction of sp³-hybridized carbons (Fsp3) is 0.571. The summed E-state index contributed by atoms with van der Waals surface area (Å²) in [5.74, 6) is 0. The fourth-order valence-corrected chi connectivity index (χ4v) is 6.13. The van der Waals surface area contributed by atoms with E-state index in [-0.39, 0.29) is 14.1 Å². The Morgan fingerprint density at radius 2 is 1.81 bits per heavy atom. The van der Waals surface area contributed by atoms with Gasteiger partial charge in [-0.3, -0.25) is 0 Å². The van der Waals surface area contributed by atoms with E-state index >= 15 is 0 Å². The average Bonchev–Trinajstić information content (AvgIpc) is 2.79. The molecule has 0 atom stereocenters. The molecule has 0 bridgehead atoms. The SMILES string of the molecule is CN(C)c1ccccc1C[CH2][Al]1[CH2]CC[CH2]1. The van der Waals surface area contributed by atoms with Crippen LogP contribution in [0.5, 0.6) is 0 Å². The number of nitrogens with zero attached hydrogens (tertiary/aromatic N) is 1. The second kappa shape index (κ2) is 5.75. The molecule has 1 aromatic carbocycles. The summed E-state index contributed by atoms with van der Waals surface area (Å²) in [6.45, 7) is 0. The van der Waals surface area contributed by atoms with Crippen molar-refractivity contribution in [1.29, 1.82) is 0 Å². The van der Waals surface area contributed by atoms with Crippen LogP contribution in [-0.4, -0.2) is 28.2 Å². The van der Waals surface area contributed by atoms with Crippen molar-refractivity contribution < 1.29 is 0 Å². The van der Waals surface area contributed by atoms with Gasteiger partial charge in [-0.2, -0.15) is 0 Å². The van der Waals surface area contributed by atoms with E-state index in [1.807, 2.05) is 0 Å². The summed E-state index contributed by atoms with van der Waals surface area (Å²) in [5, 5.41) is 4.72. The van der Waals surface area contributed by atoms with Crippen LogP contribution in [0.2, 0.25) is 15.8 Å². The van der Waals surface area contributed by atoms with Crippen LogP contribution in [0, 0.1) is 0 Å². The van der Waals surface area contributed by atoms with Crippen LogP contribution in [0.3, 0.4) is 0 Å². The molecule has 1 fully saturated rings. The summed E-state index contributed by atoms with van der Waals surface area (Å²) in [5.41, 5.74) is 2.96. The molecule has 0 aliphatic carbocycles. The lowest BCUT2D eigenvalue weighted by atomic mass is 10.1. The molecule has 0 N–H and O–H groups in total. The van der Waals surface area contributed by atoms with E-state index in [2.05, 4.69) is 43.3 Å². The van der Waals surface area contributed by atoms with Gasteiger partial charge in [0.1, 0.15) is 0 Å². The smallest absolute Gasteiger partial charge is 0.262 e. The van der Waals surface area contributed by atoms with Crippen molar-refractivity contribution in [2.75, 3.05) is 19.0 Å². The summed E-state index contributed by atoms with van der Waals surface area (Å²) in [4.78, 5) is 2.24. The lowest BCUT2D eigenvalue weighted by Crippen LogP contribution is -2.13. The van der Waals surface area contributed by atoms with Crippen molar-refractivity contribution in [1.82, 2.24) is 0 Å². The molecule has 1 aliphatic heterocycles. The van der Waals surface area contributed by atoms with Gasteiger partial charge >= 0.3 is 0 Å². The Kier molecular flexibility index (Phi) is 4.32. The molecular formula is C14H22AlN. The summed E-state index contributed by atoms with van der Waals surface area (Å²) in [6.07, 6.45) is 4.35. The second-order valence-corrected chi connectivity index (χ2v) is 8.68. The van der Waals surface area contributed by atoms with E-state index in [9.17, 15) is 0 Å². The minimum atomic E-state index is -0.321. The monoisotopic (exact) mass is 231 g/mol. The van der Waals surface area contributed by atoms with Crippen LogP contribution in [-0.2, 0) is 6.42 Å². The zero-order valence-electron chi connectivity index (χ0n) is 10.6. The summed E-state index contributed by atoms with van der Waals surface area (Å²) >= 11 is -0.321. The van der Waals surface area contributed by atoms with Crippen LogP contribution in [0.4, 0.5) is 5.69 Å². The van der Waals surface area contributed by atoms with Crippen molar-refractivity contribution >= 4 is 19.8 Å². The molecule has 16 heavy (non-hydrogen) atoms. The molecule has 86 valence electrons. The third kappa shape index (κ3) is 3.03. The van der Waals surface area contributed by atoms with E-state index in [1.165, 1.54) is 30.2 Å². The van der Waals surface area contributed by atoms with Gasteiger partial charge in [0.25, 0.3) is 14.1 Å². The Morgan fingerprint density at radius 3 is 2.50 bits per heavy atom. The highest BCUT2D eigenvalue weighted by Crippen LogP contribution is 2.26. The maximum atomic E-state index is 2.30. The lowest BCUT2D eigenvalue weighted by molar-refractivity contribution is 0.935. The van der Waals surface area contributed by atoms with Gasteiger partial charge in [0.05, 0.1) is 0 Å². The molecule has 1 saturated heterocycles. The van der Waals surface area contributed by atoms with Crippen LogP contribution in [0.25, 0.3) is 0 Å². The number of hydrogen-bond acceptors (Lipinski definition) is 1. The molecule has 0 radical (unpaired) electrons. The van der Waals surface area contributed by atoms with Gasteiger partial charge in [0.15, 0.2) is 0 Å². The van der Waals surface area contributed by atoms with Gasteiger partial charge < -0.3 is 4.90 Å². The molecule has 0 aromatic heterocycles. The number of rotatable bonds is 4. The molecule has 1 heterocycles. The zero-order chi connectivity index (χ0) is 11.4. The van der Waals surface area contributed by atoms with Crippen molar-refractivity contribution in [2.45, 2.75) is 35.1 Å². The molecular weight excluding hydrogens is 209 g/mol. The molecule has 2 heteroatoms. The summed E-state index contributed by atoms with van der Waals surface area (Å²) in [7, 11) is 4.29. The number of aryl methyl sites for hydroxylation is 1. The summed E-state index contributed by atoms with van der Waals surface area (Å²) in [6, 6.07) is 8.87. The number of benzene rings is 1. The molecule has 0 unspecified atom stereocenters. The lowest BCUT2D eigenvalue weighted by Gasteiger charge is -2.17. The normalized spacial score (nSPS) is 15.5. The standard InChI is InChI=1S/C10H14N.C4H8.Al/c1-4-9-7-5-6-8-10(9)11(2)3;1-3-4-2;/h5-8H,1,4H2,2-3H3;1-4H2;. The molecule has 1 nitrogen and oxygen atoms in total. The Hall–Kier alpha value is -0.448. The van der Waals surface area contributed by atoms with Crippen molar-refractivity contribution in [2.24, 2.45) is 0 Å². The Labute approximate surface area is 104 Å². The van der Waals surface area contributed by atoms with E-state index < -0.39 is 0 Å². The maximum Gasteiger partial charge on any atom is 0.262 e. The van der Waals surface area contributed by atoms with E-state index in [0.29, 0.717) is 0 Å². The number of anilines is 1. The molecule has 2 rings (SSSR count). The molecule has 1 aliphatic rings. The molecule has 0 saturated carbocycles. The highest BCUT2D eigenvalue weighted by atomic mass is 27.2. The van der Waals surface area contributed by atoms with Crippen LogP contribution in [0.1, 0.15) is 18.4 Å². The topological polar surface area (TPSA) is 3.24 Å². The summed E-state index contributed by atoms with van der Waals surface area (Å²) < 4.78 is 0. The van der Waals surface area contributed by atoms with Crippen molar-refractivity contribution in [3.8, 4) is 0 Å². The first-order chi connectivity index (χ1) is 7.77. The third-order valence-corrected chi connectivity index (χ3v) is 7.32. The predicted octanol–water partition coefficient (Wildman–Crippen LogP) is 3.58. The van der Waals surface area contributed by atoms with E-state index in [4.69, 9.17) is 0 Å². The average molecular weight is 231 g/mol. The first-order valence-electron chi connectivity index (χ1n) is 6.52. The molecule has 0 spiro atoms. The second-order valence-electron chi connectivity index (χ2n) is 5.21. The van der Waals surface area contributed by atoms with Crippen LogP contribution < -0.4 is 4.90 Å². The van der Waals surface area contributed by atoms with Gasteiger partial charge in [0.2, 0.25) is 0 Å². The van der Waals surface area contributed by atoms with E-state index in [1.54, 1.807) is 16.1 Å². The van der Waals surface area contributed by atoms with Gasteiger partial charge in [-0.1, -0.05) is 46.9 Å². The van der Waals surface area contributed by atoms with Gasteiger partial charge in [-0.05, 0) is 18.1 Å². The highest BCUT2D eigenvalue weighted by Gasteiger charge is 2.21. The Morgan fingerprint density at radius 1 is 1.12 bits per heavy atom. The van der Waals surface area contributed by atoms with Crippen molar-refractivity contribution in [3.63, 3.8) is 0 Å². The van der Waals surface area contributed by atoms with Gasteiger partial charge in [0, 0.05) is 19.8 Å². The van der Waals surface area contributed by atoms with Crippen LogP contribution >= 0.6 is 0 Å². The van der Waals surface area contributed by atoms with Gasteiger partial charge in [-0.25, -0.2) is 0 Å². The maximum absolute atomic E-state index is 2.30. The Balaban J connectivity index is 1.97. The first kappa shape index (κ1) is 12.0. The molecule has 1 aromatic rings. The van der Waals surface area contributed by atoms with Gasteiger partial charge in [-0.15, -0.1) is 0 Å². The number of para-hydroxylation sites is 1. The first-order valence-corrected chi connectivity index (χ1v) is 8.97. The van der Waals surface area contributed by atoms with Crippen molar-refractivity contribution in [3.05, 3.63) is 29.8 Å². The minimum Gasteiger partial charge on any atom is -0.377 e. The predicted molar refractivity (Wildman–Crippen MR) is 73.9 cm³/mol. The minimum absolute atomic E-state index is 0.321. The highest BCUT2D eigenvalue weighted by molar-refractivity contribution is 6.59. The zero-order valence-corrected chi connectivity index (χ0v) is 11.7. The van der Waals surface area contributed by atoms with Crippen LogP contribution in [0.15, 0.2) is 24.3 Å². The number of hydrogen-bond donors (Lipinski definition) is 0. The third-order valence-electron chi connectivity index (χ3n) is 3.77. The largest absolute Gasteiger partial charge is 0.377 e. The Bertz CT molecular complexity index is 329.